The molecule has 0 bridgehead atoms. The van der Waals surface area contributed by atoms with Crippen LogP contribution in [0.3, 0.4) is 0 Å². The number of sulfone groups is 1. The van der Waals surface area contributed by atoms with Gasteiger partial charge in [-0.15, -0.1) is 0 Å². The molecule has 3 nitrogen and oxygen atoms in total. The largest absolute Gasteiger partial charge is 0.330 e. The first-order valence-corrected chi connectivity index (χ1v) is 7.17. The van der Waals surface area contributed by atoms with Crippen molar-refractivity contribution in [1.82, 2.24) is 0 Å². The number of hydrogen-bond donors (Lipinski definition) is 1. The Morgan fingerprint density at radius 3 is 2.06 bits per heavy atom. The van der Waals surface area contributed by atoms with Crippen LogP contribution in [-0.2, 0) is 15.3 Å². The highest BCUT2D eigenvalue weighted by atomic mass is 32.2. The maximum Gasteiger partial charge on any atom is 0.175 e. The van der Waals surface area contributed by atoms with Crippen molar-refractivity contribution in [1.29, 1.82) is 0 Å². The lowest BCUT2D eigenvalue weighted by Crippen LogP contribution is -2.21. The van der Waals surface area contributed by atoms with Crippen LogP contribution in [0.15, 0.2) is 29.2 Å². The van der Waals surface area contributed by atoms with Crippen molar-refractivity contribution in [3.63, 3.8) is 0 Å². The summed E-state index contributed by atoms with van der Waals surface area (Å²) in [7, 11) is -3.10. The fraction of sp³-hybridized carbons (Fsp3) is 0.500. The molecule has 90 valence electrons. The van der Waals surface area contributed by atoms with E-state index < -0.39 is 9.84 Å². The molecule has 0 aliphatic carbocycles. The standard InChI is InChI=1S/C12H19NO2S/c1-12(2,8-9-13)10-4-6-11(7-5-10)16(3,14)15/h4-7H,8-9,13H2,1-3H3. The van der Waals surface area contributed by atoms with Gasteiger partial charge in [-0.25, -0.2) is 8.42 Å². The van der Waals surface area contributed by atoms with Gasteiger partial charge in [0.1, 0.15) is 0 Å². The molecule has 0 saturated carbocycles. The minimum absolute atomic E-state index is 0.00914. The van der Waals surface area contributed by atoms with Gasteiger partial charge in [0.05, 0.1) is 4.90 Å². The third kappa shape index (κ3) is 3.06. The minimum Gasteiger partial charge on any atom is -0.330 e. The Morgan fingerprint density at radius 2 is 1.69 bits per heavy atom. The molecule has 1 aromatic carbocycles. The normalized spacial score (nSPS) is 12.8. The molecule has 0 atom stereocenters. The predicted octanol–water partition coefficient (Wildman–Crippen LogP) is 1.72. The topological polar surface area (TPSA) is 60.2 Å². The van der Waals surface area contributed by atoms with Crippen LogP contribution < -0.4 is 5.73 Å². The second-order valence-corrected chi connectivity index (χ2v) is 6.73. The Labute approximate surface area is 97.6 Å². The highest BCUT2D eigenvalue weighted by molar-refractivity contribution is 7.90. The molecule has 0 amide bonds. The molecule has 0 aliphatic rings. The maximum atomic E-state index is 11.3. The molecule has 0 aliphatic heterocycles. The van der Waals surface area contributed by atoms with Crippen LogP contribution in [0.2, 0.25) is 0 Å². The van der Waals surface area contributed by atoms with Gasteiger partial charge in [-0.05, 0) is 36.1 Å². The molecule has 0 spiro atoms. The van der Waals surface area contributed by atoms with E-state index >= 15 is 0 Å². The van der Waals surface area contributed by atoms with Crippen LogP contribution >= 0.6 is 0 Å². The summed E-state index contributed by atoms with van der Waals surface area (Å²) in [5.74, 6) is 0. The van der Waals surface area contributed by atoms with Crippen LogP contribution in [0.4, 0.5) is 0 Å². The van der Waals surface area contributed by atoms with E-state index in [0.29, 0.717) is 11.4 Å². The summed E-state index contributed by atoms with van der Waals surface area (Å²) in [4.78, 5) is 0.361. The van der Waals surface area contributed by atoms with E-state index in [0.717, 1.165) is 12.0 Å². The quantitative estimate of drug-likeness (QED) is 0.873. The van der Waals surface area contributed by atoms with Crippen LogP contribution in [0.1, 0.15) is 25.8 Å². The second kappa shape index (κ2) is 4.55. The van der Waals surface area contributed by atoms with Gasteiger partial charge in [0, 0.05) is 6.26 Å². The first-order valence-electron chi connectivity index (χ1n) is 5.28. The van der Waals surface area contributed by atoms with Crippen LogP contribution in [0.5, 0.6) is 0 Å². The Kier molecular flexibility index (Phi) is 3.76. The van der Waals surface area contributed by atoms with Crippen LogP contribution in [0, 0.1) is 0 Å². The number of rotatable bonds is 4. The van der Waals surface area contributed by atoms with E-state index in [-0.39, 0.29) is 5.41 Å². The SMILES string of the molecule is CC(C)(CCN)c1ccc(S(C)(=O)=O)cc1. The molecule has 1 aromatic rings. The van der Waals surface area contributed by atoms with Gasteiger partial charge in [0.15, 0.2) is 9.84 Å². The summed E-state index contributed by atoms with van der Waals surface area (Å²) in [5, 5.41) is 0. The van der Waals surface area contributed by atoms with Crippen molar-refractivity contribution in [2.24, 2.45) is 5.73 Å². The first-order chi connectivity index (χ1) is 7.27. The summed E-state index contributed by atoms with van der Waals surface area (Å²) >= 11 is 0. The average molecular weight is 241 g/mol. The molecule has 0 fully saturated rings. The Balaban J connectivity index is 3.04. The molecule has 0 unspecified atom stereocenters. The highest BCUT2D eigenvalue weighted by Gasteiger charge is 2.19. The fourth-order valence-corrected chi connectivity index (χ4v) is 2.29. The zero-order chi connectivity index (χ0) is 12.4. The van der Waals surface area contributed by atoms with Crippen molar-refractivity contribution in [2.75, 3.05) is 12.8 Å². The first kappa shape index (κ1) is 13.2. The Morgan fingerprint density at radius 1 is 1.19 bits per heavy atom. The molecule has 0 radical (unpaired) electrons. The van der Waals surface area contributed by atoms with Crippen molar-refractivity contribution < 1.29 is 8.42 Å². The average Bonchev–Trinajstić information content (AvgIpc) is 2.16. The Hall–Kier alpha value is -0.870. The lowest BCUT2D eigenvalue weighted by Gasteiger charge is -2.24. The van der Waals surface area contributed by atoms with Crippen molar-refractivity contribution in [2.45, 2.75) is 30.6 Å². The smallest absolute Gasteiger partial charge is 0.175 e. The molecule has 4 heteroatoms. The molecule has 16 heavy (non-hydrogen) atoms. The fourth-order valence-electron chi connectivity index (χ4n) is 1.66. The second-order valence-electron chi connectivity index (χ2n) is 4.72. The van der Waals surface area contributed by atoms with Crippen molar-refractivity contribution in [3.8, 4) is 0 Å². The zero-order valence-corrected chi connectivity index (χ0v) is 10.8. The van der Waals surface area contributed by atoms with Crippen LogP contribution in [-0.4, -0.2) is 21.2 Å². The van der Waals surface area contributed by atoms with Gasteiger partial charge in [0.2, 0.25) is 0 Å². The monoisotopic (exact) mass is 241 g/mol. The minimum atomic E-state index is -3.10. The van der Waals surface area contributed by atoms with Crippen LogP contribution in [0.25, 0.3) is 0 Å². The molecule has 0 heterocycles. The lowest BCUT2D eigenvalue weighted by atomic mass is 9.82. The van der Waals surface area contributed by atoms with Gasteiger partial charge in [-0.2, -0.15) is 0 Å². The van der Waals surface area contributed by atoms with E-state index in [4.69, 9.17) is 5.73 Å². The lowest BCUT2D eigenvalue weighted by molar-refractivity contribution is 0.487. The van der Waals surface area contributed by atoms with Gasteiger partial charge in [-0.1, -0.05) is 26.0 Å². The van der Waals surface area contributed by atoms with Crippen molar-refractivity contribution >= 4 is 9.84 Å². The summed E-state index contributed by atoms with van der Waals surface area (Å²) in [6.45, 7) is 4.84. The summed E-state index contributed by atoms with van der Waals surface area (Å²) < 4.78 is 22.6. The van der Waals surface area contributed by atoms with E-state index in [9.17, 15) is 8.42 Å². The summed E-state index contributed by atoms with van der Waals surface area (Å²) in [6.07, 6.45) is 2.10. The van der Waals surface area contributed by atoms with E-state index in [2.05, 4.69) is 13.8 Å². The summed E-state index contributed by atoms with van der Waals surface area (Å²) in [5.41, 5.74) is 6.66. The van der Waals surface area contributed by atoms with Gasteiger partial charge in [0.25, 0.3) is 0 Å². The number of nitrogens with two attached hydrogens (primary N) is 1. The highest BCUT2D eigenvalue weighted by Crippen LogP contribution is 2.27. The van der Waals surface area contributed by atoms with Gasteiger partial charge < -0.3 is 5.73 Å². The van der Waals surface area contributed by atoms with E-state index in [1.807, 2.05) is 12.1 Å². The Bertz CT molecular complexity index is 446. The zero-order valence-electron chi connectivity index (χ0n) is 10.0. The third-order valence-corrected chi connectivity index (χ3v) is 3.96. The molecule has 0 aromatic heterocycles. The van der Waals surface area contributed by atoms with Gasteiger partial charge >= 0.3 is 0 Å². The maximum absolute atomic E-state index is 11.3. The molecular formula is C12H19NO2S. The molecule has 1 rings (SSSR count). The number of hydrogen-bond acceptors (Lipinski definition) is 3. The molecule has 0 saturated heterocycles. The van der Waals surface area contributed by atoms with Crippen molar-refractivity contribution in [3.05, 3.63) is 29.8 Å². The summed E-state index contributed by atoms with van der Waals surface area (Å²) in [6, 6.07) is 7.05. The van der Waals surface area contributed by atoms with Gasteiger partial charge in [-0.3, -0.25) is 0 Å². The predicted molar refractivity (Wildman–Crippen MR) is 66.2 cm³/mol. The van der Waals surface area contributed by atoms with E-state index in [1.165, 1.54) is 6.26 Å². The third-order valence-electron chi connectivity index (χ3n) is 2.83. The molecular weight excluding hydrogens is 222 g/mol. The number of benzene rings is 1. The molecule has 2 N–H and O–H groups in total. The van der Waals surface area contributed by atoms with E-state index in [1.54, 1.807) is 12.1 Å².